The zero-order valence-corrected chi connectivity index (χ0v) is 24.5. The van der Waals surface area contributed by atoms with E-state index in [4.69, 9.17) is 19.3 Å². The van der Waals surface area contributed by atoms with Crippen molar-refractivity contribution in [1.82, 2.24) is 15.1 Å². The number of carbonyl (C=O) groups is 4. The molecule has 0 radical (unpaired) electrons. The molecule has 2 N–H and O–H groups in total. The van der Waals surface area contributed by atoms with Crippen LogP contribution in [-0.4, -0.2) is 95.4 Å². The summed E-state index contributed by atoms with van der Waals surface area (Å²) >= 11 is 1.44. The number of amides is 3. The third-order valence-electron chi connectivity index (χ3n) is 6.78. The highest BCUT2D eigenvalue weighted by Gasteiger charge is 2.59. The van der Waals surface area contributed by atoms with Crippen LogP contribution in [0.15, 0.2) is 0 Å². The molecule has 0 saturated carbocycles. The van der Waals surface area contributed by atoms with Gasteiger partial charge in [0.15, 0.2) is 6.23 Å². The van der Waals surface area contributed by atoms with E-state index in [1.807, 2.05) is 0 Å². The number of nitrogens with one attached hydrogen (secondary N) is 1. The Balaban J connectivity index is 1.66. The minimum atomic E-state index is -1.44. The van der Waals surface area contributed by atoms with E-state index in [9.17, 15) is 19.2 Å². The first kappa shape index (κ1) is 29.4. The van der Waals surface area contributed by atoms with Gasteiger partial charge in [0.2, 0.25) is 0 Å². The van der Waals surface area contributed by atoms with Crippen molar-refractivity contribution in [3.05, 3.63) is 0 Å². The van der Waals surface area contributed by atoms with Gasteiger partial charge in [-0.15, -0.1) is 11.8 Å². The Labute approximate surface area is 223 Å². The number of ether oxygens (including phenoxy) is 3. The maximum atomic E-state index is 13.7. The number of fused-ring (bicyclic) bond motifs is 1. The first-order valence-electron chi connectivity index (χ1n) is 12.9. The second-order valence-corrected chi connectivity index (χ2v) is 19.1. The van der Waals surface area contributed by atoms with Crippen LogP contribution in [0.1, 0.15) is 46.5 Å². The van der Waals surface area contributed by atoms with Crippen LogP contribution in [0.25, 0.3) is 0 Å². The molecule has 3 rings (SSSR count). The quantitative estimate of drug-likeness (QED) is 0.268. The number of carboxylic acid groups (broad SMARTS) is 1. The lowest BCUT2D eigenvalue weighted by atomic mass is 9.81. The minimum absolute atomic E-state index is 0.0776. The highest BCUT2D eigenvalue weighted by Crippen LogP contribution is 2.46. The molecular weight excluding hydrogens is 518 g/mol. The molecule has 11 nitrogen and oxygen atoms in total. The first-order chi connectivity index (χ1) is 17.1. The fraction of sp³-hybridized carbons (Fsp3) is 0.833. The van der Waals surface area contributed by atoms with Crippen LogP contribution < -0.4 is 5.32 Å². The largest absolute Gasteiger partial charge is 0.507 e. The van der Waals surface area contributed by atoms with Gasteiger partial charge in [0.1, 0.15) is 11.1 Å². The van der Waals surface area contributed by atoms with Gasteiger partial charge in [0, 0.05) is 27.6 Å². The summed E-state index contributed by atoms with van der Waals surface area (Å²) in [5.74, 6) is 0.0743. The summed E-state index contributed by atoms with van der Waals surface area (Å²) in [6, 6.07) is 0.915. The maximum absolute atomic E-state index is 13.7. The summed E-state index contributed by atoms with van der Waals surface area (Å²) < 4.78 is 15.9. The van der Waals surface area contributed by atoms with Crippen LogP contribution in [0.2, 0.25) is 25.7 Å². The molecule has 210 valence electrons. The van der Waals surface area contributed by atoms with Gasteiger partial charge >= 0.3 is 18.3 Å². The van der Waals surface area contributed by atoms with Crippen LogP contribution in [0.5, 0.6) is 0 Å². The molecule has 3 aliphatic rings. The maximum Gasteiger partial charge on any atom is 0.507 e. The highest BCUT2D eigenvalue weighted by molar-refractivity contribution is 8.00. The topological polar surface area (TPSA) is 135 Å². The lowest BCUT2D eigenvalue weighted by Crippen LogP contribution is -2.57. The van der Waals surface area contributed by atoms with Gasteiger partial charge in [-0.05, 0) is 52.0 Å². The molecule has 0 aromatic heterocycles. The molecule has 0 spiro atoms. The van der Waals surface area contributed by atoms with E-state index in [0.717, 1.165) is 6.04 Å². The molecule has 0 aromatic rings. The van der Waals surface area contributed by atoms with E-state index < -0.39 is 37.7 Å². The third kappa shape index (κ3) is 7.92. The average Bonchev–Trinajstić information content (AvgIpc) is 3.23. The molecule has 3 heterocycles. The Bertz CT molecular complexity index is 884. The zero-order chi connectivity index (χ0) is 27.6. The third-order valence-corrected chi connectivity index (χ3v) is 9.74. The van der Waals surface area contributed by atoms with Gasteiger partial charge in [0.25, 0.3) is 5.91 Å². The molecule has 3 fully saturated rings. The SMILES string of the molecule is CC(C)(C)OC(=O)N[C@]1(CC2CCN(C(=O)OCC[Si](C)(C)C)CC2)C[C@@H]2SC[C@@H](OC(=O)O)N2C1=O. The summed E-state index contributed by atoms with van der Waals surface area (Å²) in [6.45, 7) is 13.4. The van der Waals surface area contributed by atoms with E-state index in [1.54, 1.807) is 25.7 Å². The van der Waals surface area contributed by atoms with Gasteiger partial charge in [-0.2, -0.15) is 0 Å². The smallest absolute Gasteiger partial charge is 0.450 e. The zero-order valence-electron chi connectivity index (χ0n) is 22.7. The van der Waals surface area contributed by atoms with Crippen molar-refractivity contribution in [2.75, 3.05) is 25.4 Å². The van der Waals surface area contributed by atoms with Crippen LogP contribution in [0, 0.1) is 5.92 Å². The molecule has 0 aromatic carbocycles. The monoisotopic (exact) mass is 559 g/mol. The number of thioether (sulfide) groups is 1. The highest BCUT2D eigenvalue weighted by atomic mass is 32.2. The van der Waals surface area contributed by atoms with Crippen molar-refractivity contribution in [3.63, 3.8) is 0 Å². The van der Waals surface area contributed by atoms with Gasteiger partial charge in [-0.1, -0.05) is 19.6 Å². The number of hydrogen-bond donors (Lipinski definition) is 2. The Morgan fingerprint density at radius 1 is 1.19 bits per heavy atom. The van der Waals surface area contributed by atoms with Crippen molar-refractivity contribution in [2.24, 2.45) is 5.92 Å². The summed E-state index contributed by atoms with van der Waals surface area (Å²) in [7, 11) is -1.29. The average molecular weight is 560 g/mol. The Kier molecular flexibility index (Phi) is 8.98. The normalized spacial score (nSPS) is 26.6. The number of likely N-dealkylation sites (tertiary alicyclic amines) is 1. The second-order valence-electron chi connectivity index (χ2n) is 12.3. The van der Waals surface area contributed by atoms with Crippen molar-refractivity contribution < 1.29 is 38.5 Å². The van der Waals surface area contributed by atoms with Crippen LogP contribution in [0.3, 0.4) is 0 Å². The number of piperidine rings is 1. The van der Waals surface area contributed by atoms with Crippen molar-refractivity contribution in [1.29, 1.82) is 0 Å². The minimum Gasteiger partial charge on any atom is -0.450 e. The predicted molar refractivity (Wildman–Crippen MR) is 141 cm³/mol. The van der Waals surface area contributed by atoms with Crippen molar-refractivity contribution in [2.45, 2.75) is 94.9 Å². The van der Waals surface area contributed by atoms with E-state index in [0.29, 0.717) is 51.1 Å². The fourth-order valence-corrected chi connectivity index (χ4v) is 7.10. The van der Waals surface area contributed by atoms with Gasteiger partial charge in [-0.25, -0.2) is 14.4 Å². The van der Waals surface area contributed by atoms with Gasteiger partial charge in [-0.3, -0.25) is 9.69 Å². The van der Waals surface area contributed by atoms with Crippen molar-refractivity contribution >= 4 is 44.1 Å². The molecule has 13 heteroatoms. The molecular formula is C24H41N3O8SSi. The number of alkyl carbamates (subject to hydrolysis) is 1. The Morgan fingerprint density at radius 2 is 1.84 bits per heavy atom. The van der Waals surface area contributed by atoms with Crippen LogP contribution >= 0.6 is 11.8 Å². The second kappa shape index (κ2) is 11.3. The van der Waals surface area contributed by atoms with Gasteiger partial charge in [0.05, 0.1) is 17.7 Å². The number of carbonyl (C=O) groups excluding carboxylic acids is 3. The number of nitrogens with zero attached hydrogens (tertiary/aromatic N) is 2. The first-order valence-corrected chi connectivity index (χ1v) is 17.6. The summed E-state index contributed by atoms with van der Waals surface area (Å²) in [6.07, 6.45) is -1.30. The standard InChI is InChI=1S/C24H41N3O8SSi/c1-23(2,3)35-20(29)25-24(14-18-27(19(24)28)17(15-36-18)34-22(31)32)13-16-7-9-26(10-8-16)21(30)33-11-12-37(4,5)6/h16-18H,7-15H2,1-6H3,(H,25,29)(H,31,32)/t17-,18+,24-/m1/s1. The van der Waals surface area contributed by atoms with E-state index >= 15 is 0 Å². The molecule has 37 heavy (non-hydrogen) atoms. The molecule has 3 aliphatic heterocycles. The van der Waals surface area contributed by atoms with E-state index in [2.05, 4.69) is 25.0 Å². The lowest BCUT2D eigenvalue weighted by molar-refractivity contribution is -0.141. The van der Waals surface area contributed by atoms with Crippen LogP contribution in [-0.2, 0) is 19.0 Å². The Morgan fingerprint density at radius 3 is 2.41 bits per heavy atom. The molecule has 0 unspecified atom stereocenters. The van der Waals surface area contributed by atoms with E-state index in [-0.39, 0.29) is 23.3 Å². The fourth-order valence-electron chi connectivity index (χ4n) is 4.97. The predicted octanol–water partition coefficient (Wildman–Crippen LogP) is 4.15. The number of rotatable bonds is 7. The summed E-state index contributed by atoms with van der Waals surface area (Å²) in [5, 5.41) is 11.7. The van der Waals surface area contributed by atoms with Crippen LogP contribution in [0.4, 0.5) is 14.4 Å². The Hall–Kier alpha value is -2.15. The van der Waals surface area contributed by atoms with Crippen molar-refractivity contribution in [3.8, 4) is 0 Å². The molecule has 3 atom stereocenters. The molecule has 0 bridgehead atoms. The molecule has 0 aliphatic carbocycles. The molecule has 3 saturated heterocycles. The summed E-state index contributed by atoms with van der Waals surface area (Å²) in [5.41, 5.74) is -1.97. The van der Waals surface area contributed by atoms with E-state index in [1.165, 1.54) is 16.7 Å². The lowest BCUT2D eigenvalue weighted by Gasteiger charge is -2.37. The molecule has 3 amide bonds. The number of hydrogen-bond acceptors (Lipinski definition) is 8. The summed E-state index contributed by atoms with van der Waals surface area (Å²) in [4.78, 5) is 53.4. The van der Waals surface area contributed by atoms with Gasteiger partial charge < -0.3 is 29.5 Å².